The van der Waals surface area contributed by atoms with Crippen molar-refractivity contribution >= 4 is 17.7 Å². The average Bonchev–Trinajstić information content (AvgIpc) is 3.64. The lowest BCUT2D eigenvalue weighted by Gasteiger charge is -2.67. The molecule has 58 heavy (non-hydrogen) atoms. The number of nitrogens with one attached hydrogen (secondary N) is 2. The van der Waals surface area contributed by atoms with Crippen LogP contribution in [0.25, 0.3) is 0 Å². The summed E-state index contributed by atoms with van der Waals surface area (Å²) in [6, 6.07) is 2.16. The second-order valence-electron chi connectivity index (χ2n) is 20.5. The Morgan fingerprint density at radius 1 is 0.983 bits per heavy atom. The molecule has 4 aliphatic carbocycles. The second kappa shape index (κ2) is 13.2. The zero-order valence-corrected chi connectivity index (χ0v) is 34.0. The summed E-state index contributed by atoms with van der Waals surface area (Å²) in [7, 11) is 0. The normalized spacial score (nSPS) is 49.6. The van der Waals surface area contributed by atoms with Crippen molar-refractivity contribution in [3.63, 3.8) is 0 Å². The lowest BCUT2D eigenvalue weighted by Crippen LogP contribution is -2.77. The first kappa shape index (κ1) is 39.4. The maximum Gasteiger partial charge on any atom is 0.339 e. The molecule has 17 atom stereocenters. The Kier molecular flexibility index (Phi) is 8.95. The molecular formula is C44H60N2O12. The zero-order chi connectivity index (χ0) is 40.8. The van der Waals surface area contributed by atoms with Crippen molar-refractivity contribution in [2.75, 3.05) is 33.0 Å². The highest BCUT2D eigenvalue weighted by Gasteiger charge is 2.91. The molecular weight excluding hydrogens is 748 g/mol. The van der Waals surface area contributed by atoms with E-state index in [1.807, 2.05) is 27.7 Å². The number of cyclic esters (lactones) is 2. The molecule has 5 aliphatic heterocycles. The van der Waals surface area contributed by atoms with Crippen LogP contribution in [0.5, 0.6) is 0 Å². The molecule has 0 amide bonds. The molecule has 6 N–H and O–H groups in total. The van der Waals surface area contributed by atoms with E-state index in [-0.39, 0.29) is 43.4 Å². The van der Waals surface area contributed by atoms with Gasteiger partial charge in [-0.1, -0.05) is 26.0 Å². The maximum absolute atomic E-state index is 15.0. The first-order valence-electron chi connectivity index (χ1n) is 21.7. The standard InChI is InChI=1S/C44H60N2O12/c1-39(2)32-31(50)33(51)41(4)30(43(32)20-55-38(53)42(37(43)58-39)13-9-22(16-42)18-47)10-12-40(3)34(56-36(52)35-44(40,41)57-35)25-11-14-54-29(25)15-26(28(49)19-48)23-5-7-24(8-6-23)27-17-45-21-46-27/h5,7,11,14,22-24,26-28,30,32-35,37,45-49,51H,6,8-10,12-13,15-21H2,1-4H3. The Hall–Kier alpha value is -2.69. The fourth-order valence-electron chi connectivity index (χ4n) is 15.1. The zero-order valence-electron chi connectivity index (χ0n) is 34.0. The summed E-state index contributed by atoms with van der Waals surface area (Å²) in [5.41, 5.74) is -6.03. The molecule has 10 rings (SSSR count). The first-order valence-corrected chi connectivity index (χ1v) is 21.7. The number of ketones is 1. The number of rotatable bonds is 8. The topological polar surface area (TPSA) is 210 Å². The van der Waals surface area contributed by atoms with Crippen LogP contribution in [0.3, 0.4) is 0 Å². The number of carbonyl (C=O) groups is 3. The van der Waals surface area contributed by atoms with E-state index in [1.54, 1.807) is 12.3 Å². The summed E-state index contributed by atoms with van der Waals surface area (Å²) in [5.74, 6) is -2.16. The van der Waals surface area contributed by atoms with Crippen LogP contribution < -0.4 is 10.6 Å². The highest BCUT2D eigenvalue weighted by atomic mass is 16.7. The van der Waals surface area contributed by atoms with Crippen LogP contribution in [0, 0.1) is 57.2 Å². The molecule has 318 valence electrons. The van der Waals surface area contributed by atoms with E-state index < -0.39 is 93.6 Å². The molecule has 0 radical (unpaired) electrons. The molecule has 0 bridgehead atoms. The van der Waals surface area contributed by atoms with Crippen molar-refractivity contribution in [3.8, 4) is 0 Å². The minimum Gasteiger partial charge on any atom is -0.469 e. The van der Waals surface area contributed by atoms with Crippen molar-refractivity contribution in [3.05, 3.63) is 35.8 Å². The van der Waals surface area contributed by atoms with E-state index in [0.717, 1.165) is 26.1 Å². The number of hydrogen-bond acceptors (Lipinski definition) is 14. The summed E-state index contributed by atoms with van der Waals surface area (Å²) in [4.78, 5) is 43.2. The summed E-state index contributed by atoms with van der Waals surface area (Å²) < 4.78 is 32.4. The van der Waals surface area contributed by atoms with Crippen LogP contribution in [0.2, 0.25) is 0 Å². The number of esters is 2. The Bertz CT molecular complexity index is 1890. The molecule has 8 fully saturated rings. The number of aliphatic hydroxyl groups is 4. The Morgan fingerprint density at radius 2 is 1.79 bits per heavy atom. The lowest BCUT2D eigenvalue weighted by atomic mass is 9.35. The molecule has 3 saturated carbocycles. The summed E-state index contributed by atoms with van der Waals surface area (Å²) in [6.07, 6.45) is 5.37. The van der Waals surface area contributed by atoms with Gasteiger partial charge in [-0.3, -0.25) is 14.9 Å². The molecule has 9 aliphatic rings. The van der Waals surface area contributed by atoms with Gasteiger partial charge in [0.1, 0.15) is 30.2 Å². The maximum atomic E-state index is 15.0. The molecule has 0 aromatic carbocycles. The van der Waals surface area contributed by atoms with E-state index in [4.69, 9.17) is 23.4 Å². The molecule has 17 unspecified atom stereocenters. The predicted molar refractivity (Wildman–Crippen MR) is 203 cm³/mol. The minimum atomic E-state index is -1.52. The number of fused-ring (bicyclic) bond motifs is 2. The van der Waals surface area contributed by atoms with E-state index in [9.17, 15) is 30.0 Å². The molecule has 1 aromatic rings. The predicted octanol–water partition coefficient (Wildman–Crippen LogP) is 2.11. The number of epoxide rings is 1. The molecule has 6 heterocycles. The van der Waals surface area contributed by atoms with Gasteiger partial charge < -0.3 is 49.1 Å². The molecule has 3 spiro atoms. The number of ether oxygens (including phenoxy) is 4. The van der Waals surface area contributed by atoms with Crippen molar-refractivity contribution in [2.24, 2.45) is 57.2 Å². The number of Topliss-reactive ketones (excluding diaryl/α,β-unsaturated/α-hetero) is 1. The third-order valence-corrected chi connectivity index (χ3v) is 17.7. The van der Waals surface area contributed by atoms with Gasteiger partial charge in [-0.2, -0.15) is 0 Å². The molecule has 1 aromatic heterocycles. The molecule has 14 nitrogen and oxygen atoms in total. The van der Waals surface area contributed by atoms with Gasteiger partial charge in [-0.25, -0.2) is 4.79 Å². The number of aliphatic hydroxyl groups excluding tert-OH is 4. The number of hydrogen-bond donors (Lipinski definition) is 6. The SMILES string of the molecule is CC1(C)OC2C3(CCC(CO)C3)C(=O)OCC23C1C(=O)C(O)C1(C)C3CCC2(C)C(c3ccoc3CC(C(O)CO)C3C=CC(C4CNCN4)CC3)OC(=O)C3OC321. The second-order valence-corrected chi connectivity index (χ2v) is 20.5. The van der Waals surface area contributed by atoms with Gasteiger partial charge in [0.15, 0.2) is 11.9 Å². The number of carbonyl (C=O) groups excluding carboxylic acids is 3. The first-order chi connectivity index (χ1) is 27.6. The van der Waals surface area contributed by atoms with E-state index in [0.29, 0.717) is 55.4 Å². The van der Waals surface area contributed by atoms with E-state index in [2.05, 4.69) is 22.8 Å². The fraction of sp³-hybridized carbons (Fsp3) is 0.795. The van der Waals surface area contributed by atoms with Crippen molar-refractivity contribution in [1.82, 2.24) is 10.6 Å². The minimum absolute atomic E-state index is 0.0196. The molecule has 5 saturated heterocycles. The van der Waals surface area contributed by atoms with Gasteiger partial charge in [0.2, 0.25) is 0 Å². The highest BCUT2D eigenvalue weighted by molar-refractivity contribution is 5.92. The van der Waals surface area contributed by atoms with Crippen molar-refractivity contribution < 1.29 is 58.2 Å². The van der Waals surface area contributed by atoms with Gasteiger partial charge in [0.25, 0.3) is 0 Å². The summed E-state index contributed by atoms with van der Waals surface area (Å²) in [5, 5.41) is 51.1. The third-order valence-electron chi connectivity index (χ3n) is 17.7. The van der Waals surface area contributed by atoms with Crippen LogP contribution in [-0.4, -0.2) is 113 Å². The van der Waals surface area contributed by atoms with Crippen LogP contribution in [-0.2, 0) is 39.8 Å². The van der Waals surface area contributed by atoms with Crippen molar-refractivity contribution in [1.29, 1.82) is 0 Å². The monoisotopic (exact) mass is 808 g/mol. The van der Waals surface area contributed by atoms with Gasteiger partial charge in [0.05, 0.1) is 42.0 Å². The smallest absolute Gasteiger partial charge is 0.339 e. The number of allylic oxidation sites excluding steroid dienone is 1. The average molecular weight is 809 g/mol. The summed E-state index contributed by atoms with van der Waals surface area (Å²) in [6.45, 7) is 8.81. The van der Waals surface area contributed by atoms with Gasteiger partial charge in [-0.15, -0.1) is 0 Å². The number of furan rings is 1. The largest absolute Gasteiger partial charge is 0.469 e. The van der Waals surface area contributed by atoms with Crippen LogP contribution >= 0.6 is 0 Å². The van der Waals surface area contributed by atoms with Crippen LogP contribution in [0.4, 0.5) is 0 Å². The third kappa shape index (κ3) is 4.86. The van der Waals surface area contributed by atoms with Crippen LogP contribution in [0.1, 0.15) is 90.1 Å². The van der Waals surface area contributed by atoms with Gasteiger partial charge in [0, 0.05) is 60.0 Å². The van der Waals surface area contributed by atoms with Crippen molar-refractivity contribution in [2.45, 2.75) is 127 Å². The van der Waals surface area contributed by atoms with Gasteiger partial charge >= 0.3 is 11.9 Å². The Balaban J connectivity index is 1.02. The Morgan fingerprint density at radius 3 is 2.48 bits per heavy atom. The van der Waals surface area contributed by atoms with Gasteiger partial charge in [-0.05, 0) is 88.5 Å². The van der Waals surface area contributed by atoms with E-state index >= 15 is 4.79 Å². The summed E-state index contributed by atoms with van der Waals surface area (Å²) >= 11 is 0. The quantitative estimate of drug-likeness (QED) is 0.126. The van der Waals surface area contributed by atoms with Crippen LogP contribution in [0.15, 0.2) is 28.9 Å². The fourth-order valence-corrected chi connectivity index (χ4v) is 15.1. The Labute approximate surface area is 338 Å². The highest BCUT2D eigenvalue weighted by Crippen LogP contribution is 2.81. The van der Waals surface area contributed by atoms with E-state index in [1.165, 1.54) is 0 Å². The molecule has 14 heteroatoms. The lowest BCUT2D eigenvalue weighted by molar-refractivity contribution is -0.264.